The summed E-state index contributed by atoms with van der Waals surface area (Å²) in [5, 5.41) is 11.7. The van der Waals surface area contributed by atoms with Gasteiger partial charge >= 0.3 is 0 Å². The zero-order valence-corrected chi connectivity index (χ0v) is 11.2. The van der Waals surface area contributed by atoms with Crippen LogP contribution in [0.15, 0.2) is 12.1 Å². The fraction of sp³-hybridized carbons (Fsp3) is 0.500. The van der Waals surface area contributed by atoms with E-state index in [1.807, 2.05) is 6.07 Å². The fourth-order valence-electron chi connectivity index (χ4n) is 2.25. The van der Waals surface area contributed by atoms with Gasteiger partial charge in [-0.05, 0) is 37.3 Å². The van der Waals surface area contributed by atoms with Gasteiger partial charge in [0.2, 0.25) is 0 Å². The highest BCUT2D eigenvalue weighted by atomic mass is 32.1. The molecule has 1 aromatic heterocycles. The second-order valence-corrected chi connectivity index (χ2v) is 5.80. The van der Waals surface area contributed by atoms with Gasteiger partial charge in [-0.3, -0.25) is 4.79 Å². The van der Waals surface area contributed by atoms with E-state index >= 15 is 0 Å². The number of carbonyl (C=O) groups is 1. The maximum absolute atomic E-state index is 12.0. The molecule has 1 amide bonds. The molecule has 1 aromatic rings. The average Bonchev–Trinajstić information content (AvgIpc) is 2.96. The lowest BCUT2D eigenvalue weighted by Gasteiger charge is -2.11. The predicted octanol–water partition coefficient (Wildman–Crippen LogP) is 2.01. The molecule has 3 nitrogen and oxygen atoms in total. The largest absolute Gasteiger partial charge is 0.384 e. The Balaban J connectivity index is 1.94. The highest BCUT2D eigenvalue weighted by Gasteiger charge is 2.23. The van der Waals surface area contributed by atoms with Gasteiger partial charge in [0.15, 0.2) is 0 Å². The molecule has 1 heterocycles. The van der Waals surface area contributed by atoms with Crippen molar-refractivity contribution in [3.05, 3.63) is 21.9 Å². The van der Waals surface area contributed by atoms with Gasteiger partial charge in [-0.2, -0.15) is 0 Å². The van der Waals surface area contributed by atoms with Gasteiger partial charge in [0.25, 0.3) is 5.91 Å². The Labute approximate surface area is 111 Å². The zero-order chi connectivity index (χ0) is 13.0. The molecule has 18 heavy (non-hydrogen) atoms. The molecule has 0 radical (unpaired) electrons. The van der Waals surface area contributed by atoms with E-state index in [1.165, 1.54) is 17.8 Å². The summed E-state index contributed by atoms with van der Waals surface area (Å²) < 4.78 is 0. The van der Waals surface area contributed by atoms with Gasteiger partial charge in [0.05, 0.1) is 9.75 Å². The molecule has 0 aliphatic heterocycles. The zero-order valence-electron chi connectivity index (χ0n) is 10.4. The summed E-state index contributed by atoms with van der Waals surface area (Å²) in [6.07, 6.45) is 3.35. The molecule has 96 valence electrons. The Hall–Kier alpha value is -1.31. The van der Waals surface area contributed by atoms with E-state index < -0.39 is 0 Å². The van der Waals surface area contributed by atoms with Crippen LogP contribution in [0.1, 0.15) is 40.7 Å². The van der Waals surface area contributed by atoms with Crippen LogP contribution in [0.25, 0.3) is 0 Å². The van der Waals surface area contributed by atoms with Gasteiger partial charge in [-0.1, -0.05) is 18.8 Å². The third kappa shape index (κ3) is 3.34. The summed E-state index contributed by atoms with van der Waals surface area (Å²) in [7, 11) is 0. The van der Waals surface area contributed by atoms with E-state index in [0.29, 0.717) is 16.8 Å². The minimum absolute atomic E-state index is 0.00357. The molecule has 0 spiro atoms. The van der Waals surface area contributed by atoms with Gasteiger partial charge in [-0.15, -0.1) is 11.3 Å². The van der Waals surface area contributed by atoms with Crippen molar-refractivity contribution >= 4 is 17.2 Å². The lowest BCUT2D eigenvalue weighted by atomic mass is 10.1. The molecule has 1 aliphatic rings. The molecule has 0 saturated heterocycles. The summed E-state index contributed by atoms with van der Waals surface area (Å²) >= 11 is 1.37. The highest BCUT2D eigenvalue weighted by molar-refractivity contribution is 7.14. The van der Waals surface area contributed by atoms with Crippen LogP contribution in [0.2, 0.25) is 0 Å². The van der Waals surface area contributed by atoms with Crippen molar-refractivity contribution in [3.63, 3.8) is 0 Å². The number of hydrogen-bond donors (Lipinski definition) is 2. The van der Waals surface area contributed by atoms with Crippen LogP contribution in [0.3, 0.4) is 0 Å². The van der Waals surface area contributed by atoms with Crippen LogP contribution < -0.4 is 5.32 Å². The molecule has 1 saturated carbocycles. The van der Waals surface area contributed by atoms with Crippen LogP contribution >= 0.6 is 11.3 Å². The first kappa shape index (κ1) is 13.1. The number of carbonyl (C=O) groups excluding carboxylic acids is 1. The quantitative estimate of drug-likeness (QED) is 0.802. The van der Waals surface area contributed by atoms with Crippen LogP contribution in [0.4, 0.5) is 0 Å². The molecule has 4 heteroatoms. The van der Waals surface area contributed by atoms with Crippen LogP contribution in [-0.2, 0) is 0 Å². The van der Waals surface area contributed by atoms with Crippen molar-refractivity contribution in [1.82, 2.24) is 5.32 Å². The van der Waals surface area contributed by atoms with Crippen LogP contribution in [0.5, 0.6) is 0 Å². The first-order chi connectivity index (χ1) is 8.69. The van der Waals surface area contributed by atoms with Crippen molar-refractivity contribution in [2.45, 2.75) is 32.2 Å². The van der Waals surface area contributed by atoms with Crippen molar-refractivity contribution in [1.29, 1.82) is 0 Å². The lowest BCUT2D eigenvalue weighted by Crippen LogP contribution is -2.32. The number of amides is 1. The smallest absolute Gasteiger partial charge is 0.261 e. The number of thiophene rings is 1. The maximum Gasteiger partial charge on any atom is 0.261 e. The van der Waals surface area contributed by atoms with E-state index in [9.17, 15) is 4.79 Å². The van der Waals surface area contributed by atoms with Crippen molar-refractivity contribution < 1.29 is 9.90 Å². The van der Waals surface area contributed by atoms with E-state index in [-0.39, 0.29) is 12.5 Å². The molecule has 2 atom stereocenters. The maximum atomic E-state index is 12.0. The Morgan fingerprint density at radius 1 is 1.56 bits per heavy atom. The minimum Gasteiger partial charge on any atom is -0.384 e. The van der Waals surface area contributed by atoms with Gasteiger partial charge in [0.1, 0.15) is 6.61 Å². The summed E-state index contributed by atoms with van der Waals surface area (Å²) in [6, 6.07) is 3.93. The standard InChI is InChI=1S/C14H17NO2S/c1-10-4-5-11(9-10)15-14(17)13-7-6-12(18-13)3-2-8-16/h6-7,10-11,16H,4-5,8-9H2,1H3,(H,15,17). The Morgan fingerprint density at radius 3 is 3.06 bits per heavy atom. The number of nitrogens with one attached hydrogen (secondary N) is 1. The van der Waals surface area contributed by atoms with E-state index in [0.717, 1.165) is 17.7 Å². The molecule has 1 fully saturated rings. The van der Waals surface area contributed by atoms with Crippen molar-refractivity contribution in [2.24, 2.45) is 5.92 Å². The molecule has 0 bridgehead atoms. The monoisotopic (exact) mass is 263 g/mol. The number of aliphatic hydroxyl groups is 1. The minimum atomic E-state index is -0.153. The summed E-state index contributed by atoms with van der Waals surface area (Å²) in [5.74, 6) is 6.10. The van der Waals surface area contributed by atoms with E-state index in [2.05, 4.69) is 24.1 Å². The van der Waals surface area contributed by atoms with Crippen molar-refractivity contribution in [3.8, 4) is 11.8 Å². The number of rotatable bonds is 2. The normalized spacial score (nSPS) is 22.3. The Kier molecular flexibility index (Phi) is 4.40. The average molecular weight is 263 g/mol. The molecule has 2 unspecified atom stereocenters. The summed E-state index contributed by atoms with van der Waals surface area (Å²) in [4.78, 5) is 13.5. The third-order valence-corrected chi connectivity index (χ3v) is 4.15. The second-order valence-electron chi connectivity index (χ2n) is 4.71. The van der Waals surface area contributed by atoms with E-state index in [1.54, 1.807) is 6.07 Å². The van der Waals surface area contributed by atoms with Crippen LogP contribution in [0, 0.1) is 17.8 Å². The van der Waals surface area contributed by atoms with E-state index in [4.69, 9.17) is 5.11 Å². The molecule has 2 N–H and O–H groups in total. The SMILES string of the molecule is CC1CCC(NC(=O)c2ccc(C#CCO)s2)C1. The number of hydrogen-bond acceptors (Lipinski definition) is 3. The highest BCUT2D eigenvalue weighted by Crippen LogP contribution is 2.25. The second kappa shape index (κ2) is 6.03. The molecule has 0 aromatic carbocycles. The van der Waals surface area contributed by atoms with Crippen molar-refractivity contribution in [2.75, 3.05) is 6.61 Å². The Bertz CT molecular complexity index is 483. The first-order valence-corrected chi connectivity index (χ1v) is 7.01. The lowest BCUT2D eigenvalue weighted by molar-refractivity contribution is 0.0941. The fourth-order valence-corrected chi connectivity index (χ4v) is 3.03. The topological polar surface area (TPSA) is 49.3 Å². The Morgan fingerprint density at radius 2 is 2.39 bits per heavy atom. The van der Waals surface area contributed by atoms with Gasteiger partial charge in [-0.25, -0.2) is 0 Å². The molecule has 1 aliphatic carbocycles. The molecular weight excluding hydrogens is 246 g/mol. The van der Waals surface area contributed by atoms with Gasteiger partial charge < -0.3 is 10.4 Å². The summed E-state index contributed by atoms with van der Waals surface area (Å²) in [6.45, 7) is 2.07. The number of aliphatic hydroxyl groups excluding tert-OH is 1. The molecular formula is C14H17NO2S. The van der Waals surface area contributed by atoms with Gasteiger partial charge in [0, 0.05) is 6.04 Å². The first-order valence-electron chi connectivity index (χ1n) is 6.19. The molecule has 2 rings (SSSR count). The third-order valence-electron chi connectivity index (χ3n) is 3.15. The predicted molar refractivity (Wildman–Crippen MR) is 72.6 cm³/mol. The van der Waals surface area contributed by atoms with Crippen LogP contribution in [-0.4, -0.2) is 23.7 Å². The summed E-state index contributed by atoms with van der Waals surface area (Å²) in [5.41, 5.74) is 0.